The number of carboxylic acid groups (broad SMARTS) is 1. The Bertz CT molecular complexity index is 695. The summed E-state index contributed by atoms with van der Waals surface area (Å²) in [6.07, 6.45) is -0.802. The predicted octanol–water partition coefficient (Wildman–Crippen LogP) is 0.139. The molecule has 28 heavy (non-hydrogen) atoms. The first-order valence-corrected chi connectivity index (χ1v) is 9.47. The summed E-state index contributed by atoms with van der Waals surface area (Å²) in [4.78, 5) is 30.3. The van der Waals surface area contributed by atoms with E-state index in [9.17, 15) is 19.8 Å². The summed E-state index contributed by atoms with van der Waals surface area (Å²) in [7, 11) is 0. The molecule has 0 saturated carbocycles. The third-order valence-electron chi connectivity index (χ3n) is 5.66. The number of rotatable bonds is 8. The van der Waals surface area contributed by atoms with Gasteiger partial charge in [0, 0.05) is 31.7 Å². The molecule has 2 heterocycles. The van der Waals surface area contributed by atoms with E-state index in [2.05, 4.69) is 5.32 Å². The Labute approximate surface area is 164 Å². The zero-order valence-corrected chi connectivity index (χ0v) is 16.0. The molecule has 9 heteroatoms. The first kappa shape index (κ1) is 20.5. The molecular formula is C19H28N4O5. The minimum absolute atomic E-state index is 0.226. The van der Waals surface area contributed by atoms with Crippen molar-refractivity contribution in [2.75, 3.05) is 19.6 Å². The van der Waals surface area contributed by atoms with Crippen LogP contribution in [0.15, 0.2) is 30.3 Å². The van der Waals surface area contributed by atoms with Gasteiger partial charge < -0.3 is 21.3 Å². The van der Waals surface area contributed by atoms with Gasteiger partial charge in [0.15, 0.2) is 0 Å². The molecule has 0 aromatic heterocycles. The Morgan fingerprint density at radius 1 is 1.36 bits per heavy atom. The Hall–Kier alpha value is -2.20. The second-order valence-electron chi connectivity index (χ2n) is 7.67. The van der Waals surface area contributed by atoms with Gasteiger partial charge in [-0.15, -0.1) is 0 Å². The molecule has 1 aromatic rings. The molecule has 2 fully saturated rings. The molecule has 3 rings (SSSR count). The molecule has 1 aromatic carbocycles. The van der Waals surface area contributed by atoms with Gasteiger partial charge in [0.25, 0.3) is 0 Å². The Kier molecular flexibility index (Phi) is 6.19. The fourth-order valence-electron chi connectivity index (χ4n) is 4.06. The van der Waals surface area contributed by atoms with E-state index in [0.29, 0.717) is 32.7 Å². The highest BCUT2D eigenvalue weighted by Gasteiger charge is 2.56. The quantitative estimate of drug-likeness (QED) is 0.495. The topological polar surface area (TPSA) is 128 Å². The number of nitrogens with zero attached hydrogens (tertiary/aromatic N) is 2. The molecule has 0 bridgehead atoms. The van der Waals surface area contributed by atoms with E-state index in [0.717, 1.165) is 12.0 Å². The summed E-state index contributed by atoms with van der Waals surface area (Å²) in [6, 6.07) is 9.05. The van der Waals surface area contributed by atoms with Crippen LogP contribution >= 0.6 is 0 Å². The normalized spacial score (nSPS) is 23.4. The molecule has 2 aliphatic rings. The largest absolute Gasteiger partial charge is 0.465 e. The van der Waals surface area contributed by atoms with Crippen LogP contribution in [0.25, 0.3) is 0 Å². The monoisotopic (exact) mass is 392 g/mol. The van der Waals surface area contributed by atoms with Crippen LogP contribution in [-0.2, 0) is 16.2 Å². The summed E-state index contributed by atoms with van der Waals surface area (Å²) in [5.41, 5.74) is 5.72. The first-order valence-electron chi connectivity index (χ1n) is 9.47. The van der Waals surface area contributed by atoms with Gasteiger partial charge in [0.2, 0.25) is 5.91 Å². The minimum atomic E-state index is -1.31. The summed E-state index contributed by atoms with van der Waals surface area (Å²) >= 11 is 0. The second kappa shape index (κ2) is 8.44. The molecule has 3 atom stereocenters. The lowest BCUT2D eigenvalue weighted by Crippen LogP contribution is -2.70. The molecule has 1 spiro atoms. The lowest BCUT2D eigenvalue weighted by molar-refractivity contribution is -0.253. The van der Waals surface area contributed by atoms with Crippen molar-refractivity contribution in [1.82, 2.24) is 15.3 Å². The number of amides is 2. The Balaban J connectivity index is 1.52. The number of likely N-dealkylation sites (tertiary alicyclic amines) is 1. The van der Waals surface area contributed by atoms with Crippen molar-refractivity contribution in [3.05, 3.63) is 35.9 Å². The van der Waals surface area contributed by atoms with Gasteiger partial charge in [-0.3, -0.25) is 14.5 Å². The number of aliphatic hydroxyl groups is 1. The van der Waals surface area contributed by atoms with Crippen molar-refractivity contribution >= 4 is 12.0 Å². The van der Waals surface area contributed by atoms with Crippen LogP contribution < -0.4 is 11.1 Å². The van der Waals surface area contributed by atoms with Crippen LogP contribution in [0.2, 0.25) is 0 Å². The van der Waals surface area contributed by atoms with Gasteiger partial charge in [-0.25, -0.2) is 4.79 Å². The number of aliphatic hydroxyl groups excluding tert-OH is 1. The number of hydrogen-bond acceptors (Lipinski definition) is 6. The third kappa shape index (κ3) is 4.27. The van der Waals surface area contributed by atoms with Crippen molar-refractivity contribution in [3.63, 3.8) is 0 Å². The molecule has 2 aliphatic heterocycles. The van der Waals surface area contributed by atoms with Crippen molar-refractivity contribution < 1.29 is 24.6 Å². The van der Waals surface area contributed by atoms with E-state index < -0.39 is 29.7 Å². The van der Waals surface area contributed by atoms with Crippen molar-refractivity contribution in [2.24, 2.45) is 5.73 Å². The molecule has 0 radical (unpaired) electrons. The standard InChI is InChI=1S/C19H28N4O5/c1-13(16(24)17(20)25)21-9-15-7-8-19(23(15)18(26)27)11-22(12-19)28-10-14-5-3-2-4-6-14/h2-6,13,15-16,21,24H,7-12H2,1H3,(H2,20,25)(H,26,27)/t13-,15?,16+/m0/s1. The Morgan fingerprint density at radius 2 is 2.04 bits per heavy atom. The molecule has 1 unspecified atom stereocenters. The summed E-state index contributed by atoms with van der Waals surface area (Å²) in [5.74, 6) is -0.803. The summed E-state index contributed by atoms with van der Waals surface area (Å²) in [5, 5.41) is 24.3. The van der Waals surface area contributed by atoms with E-state index in [1.165, 1.54) is 4.90 Å². The second-order valence-corrected chi connectivity index (χ2v) is 7.67. The third-order valence-corrected chi connectivity index (χ3v) is 5.66. The van der Waals surface area contributed by atoms with Crippen molar-refractivity contribution in [3.8, 4) is 0 Å². The number of primary amides is 1. The smallest absolute Gasteiger partial charge is 0.408 e. The molecular weight excluding hydrogens is 364 g/mol. The summed E-state index contributed by atoms with van der Waals surface area (Å²) < 4.78 is 0. The van der Waals surface area contributed by atoms with E-state index in [1.54, 1.807) is 12.0 Å². The zero-order valence-electron chi connectivity index (χ0n) is 16.0. The predicted molar refractivity (Wildman–Crippen MR) is 101 cm³/mol. The maximum absolute atomic E-state index is 11.9. The molecule has 154 valence electrons. The number of benzene rings is 1. The highest BCUT2D eigenvalue weighted by atomic mass is 16.7. The van der Waals surface area contributed by atoms with Crippen LogP contribution in [0.4, 0.5) is 4.79 Å². The van der Waals surface area contributed by atoms with Gasteiger partial charge in [-0.1, -0.05) is 30.3 Å². The maximum Gasteiger partial charge on any atom is 0.408 e. The van der Waals surface area contributed by atoms with Gasteiger partial charge in [0.1, 0.15) is 6.10 Å². The number of nitrogens with two attached hydrogens (primary N) is 1. The van der Waals surface area contributed by atoms with Crippen molar-refractivity contribution in [2.45, 2.75) is 50.1 Å². The van der Waals surface area contributed by atoms with Crippen LogP contribution in [0.3, 0.4) is 0 Å². The lowest BCUT2D eigenvalue weighted by atomic mass is 9.89. The minimum Gasteiger partial charge on any atom is -0.465 e. The zero-order chi connectivity index (χ0) is 20.3. The van der Waals surface area contributed by atoms with Gasteiger partial charge in [-0.05, 0) is 25.3 Å². The lowest BCUT2D eigenvalue weighted by Gasteiger charge is -2.51. The number of carbonyl (C=O) groups excluding carboxylic acids is 1. The number of hydrogen-bond donors (Lipinski definition) is 4. The van der Waals surface area contributed by atoms with Crippen LogP contribution in [-0.4, -0.2) is 75.5 Å². The molecule has 2 amide bonds. The van der Waals surface area contributed by atoms with E-state index in [1.807, 2.05) is 30.3 Å². The highest BCUT2D eigenvalue weighted by Crippen LogP contribution is 2.41. The highest BCUT2D eigenvalue weighted by molar-refractivity contribution is 5.79. The number of nitrogens with one attached hydrogen (secondary N) is 1. The molecule has 0 aliphatic carbocycles. The van der Waals surface area contributed by atoms with E-state index in [4.69, 9.17) is 10.6 Å². The molecule has 9 nitrogen and oxygen atoms in total. The van der Waals surface area contributed by atoms with Crippen molar-refractivity contribution in [1.29, 1.82) is 0 Å². The summed E-state index contributed by atoms with van der Waals surface area (Å²) in [6.45, 7) is 3.51. The first-order chi connectivity index (χ1) is 13.3. The van der Waals surface area contributed by atoms with Crippen LogP contribution in [0.1, 0.15) is 25.3 Å². The maximum atomic E-state index is 11.9. The fraction of sp³-hybridized carbons (Fsp3) is 0.579. The van der Waals surface area contributed by atoms with Gasteiger partial charge in [-0.2, -0.15) is 5.06 Å². The average molecular weight is 392 g/mol. The van der Waals surface area contributed by atoms with Crippen LogP contribution in [0.5, 0.6) is 0 Å². The molecule has 2 saturated heterocycles. The number of hydroxylamine groups is 2. The van der Waals surface area contributed by atoms with Gasteiger partial charge >= 0.3 is 6.09 Å². The average Bonchev–Trinajstić information content (AvgIpc) is 3.03. The van der Waals surface area contributed by atoms with Crippen LogP contribution in [0, 0.1) is 0 Å². The van der Waals surface area contributed by atoms with E-state index >= 15 is 0 Å². The number of carbonyl (C=O) groups is 2. The van der Waals surface area contributed by atoms with Gasteiger partial charge in [0.05, 0.1) is 12.1 Å². The Morgan fingerprint density at radius 3 is 2.64 bits per heavy atom. The van der Waals surface area contributed by atoms with E-state index in [-0.39, 0.29) is 6.04 Å². The fourth-order valence-corrected chi connectivity index (χ4v) is 4.06. The SMILES string of the molecule is C[C@H](NCC1CCC2(CN(OCc3ccccc3)C2)N1C(=O)O)[C@@H](O)C(N)=O. The molecule has 5 N–H and O–H groups in total.